The molecule has 3 aromatic rings. The van der Waals surface area contributed by atoms with E-state index < -0.39 is 0 Å². The van der Waals surface area contributed by atoms with Gasteiger partial charge in [-0.1, -0.05) is 32.0 Å². The van der Waals surface area contributed by atoms with Gasteiger partial charge in [0, 0.05) is 16.8 Å². The molecular weight excluding hydrogens is 280 g/mol. The number of furan rings is 1. The molecule has 1 aromatic carbocycles. The summed E-state index contributed by atoms with van der Waals surface area (Å²) in [5.74, 6) is 0.608. The minimum Gasteiger partial charge on any atom is -0.464 e. The minimum absolute atomic E-state index is 0.608. The van der Waals surface area contributed by atoms with Gasteiger partial charge < -0.3 is 9.73 Å². The van der Waals surface area contributed by atoms with E-state index in [1.54, 1.807) is 11.3 Å². The first-order valence-corrected chi connectivity index (χ1v) is 8.10. The molecule has 0 saturated heterocycles. The van der Waals surface area contributed by atoms with Crippen molar-refractivity contribution in [3.63, 3.8) is 0 Å². The second kappa shape index (κ2) is 6.00. The van der Waals surface area contributed by atoms with Gasteiger partial charge in [-0.2, -0.15) is 0 Å². The van der Waals surface area contributed by atoms with Crippen LogP contribution in [0.4, 0.5) is 0 Å². The van der Waals surface area contributed by atoms with E-state index >= 15 is 0 Å². The third-order valence-corrected chi connectivity index (χ3v) is 4.56. The predicted molar refractivity (Wildman–Crippen MR) is 88.6 cm³/mol. The van der Waals surface area contributed by atoms with Crippen molar-refractivity contribution in [2.75, 3.05) is 7.05 Å². The number of nitrogens with one attached hydrogen (secondary N) is 1. The molecule has 0 aliphatic rings. The molecule has 110 valence electrons. The Balaban J connectivity index is 2.05. The normalized spacial score (nSPS) is 11.6. The summed E-state index contributed by atoms with van der Waals surface area (Å²) in [4.78, 5) is 6.21. The van der Waals surface area contributed by atoms with Crippen LogP contribution < -0.4 is 5.32 Å². The topological polar surface area (TPSA) is 38.1 Å². The predicted octanol–water partition coefficient (Wildman–Crippen LogP) is 4.47. The number of aromatic nitrogens is 1. The molecule has 0 radical (unpaired) electrons. The van der Waals surface area contributed by atoms with Crippen molar-refractivity contribution < 1.29 is 4.42 Å². The zero-order chi connectivity index (χ0) is 14.8. The second-order valence-corrected chi connectivity index (χ2v) is 6.75. The van der Waals surface area contributed by atoms with Crippen molar-refractivity contribution in [2.45, 2.75) is 26.8 Å². The quantitative estimate of drug-likeness (QED) is 0.755. The highest BCUT2D eigenvalue weighted by molar-refractivity contribution is 7.15. The molecule has 0 amide bonds. The number of fused-ring (bicyclic) bond motifs is 1. The van der Waals surface area contributed by atoms with E-state index in [9.17, 15) is 0 Å². The van der Waals surface area contributed by atoms with Crippen molar-refractivity contribution >= 4 is 22.3 Å². The highest BCUT2D eigenvalue weighted by Gasteiger charge is 2.16. The standard InChI is InChI=1S/C17H20N2OS/c1-11(2)8-14-16(9-18-3)21-17(19-14)13-10-20-15-7-5-4-6-12(13)15/h4-7,10-11,18H,8-9H2,1-3H3. The molecule has 4 heteroatoms. The Bertz CT molecular complexity index is 742. The first-order chi connectivity index (χ1) is 10.2. The summed E-state index contributed by atoms with van der Waals surface area (Å²) in [7, 11) is 1.98. The van der Waals surface area contributed by atoms with E-state index in [4.69, 9.17) is 9.40 Å². The van der Waals surface area contributed by atoms with Gasteiger partial charge in [0.2, 0.25) is 0 Å². The lowest BCUT2D eigenvalue weighted by molar-refractivity contribution is 0.616. The zero-order valence-electron chi connectivity index (χ0n) is 12.6. The van der Waals surface area contributed by atoms with Crippen LogP contribution in [0.25, 0.3) is 21.5 Å². The molecule has 0 atom stereocenters. The van der Waals surface area contributed by atoms with Gasteiger partial charge in [0.15, 0.2) is 0 Å². The van der Waals surface area contributed by atoms with E-state index in [0.29, 0.717) is 5.92 Å². The number of benzene rings is 1. The zero-order valence-corrected chi connectivity index (χ0v) is 13.5. The fourth-order valence-corrected chi connectivity index (χ4v) is 3.61. The molecule has 3 nitrogen and oxygen atoms in total. The van der Waals surface area contributed by atoms with Crippen molar-refractivity contribution in [1.82, 2.24) is 10.3 Å². The van der Waals surface area contributed by atoms with Gasteiger partial charge in [-0.25, -0.2) is 4.98 Å². The molecule has 0 saturated carbocycles. The molecule has 2 heterocycles. The number of hydrogen-bond donors (Lipinski definition) is 1. The van der Waals surface area contributed by atoms with Crippen LogP contribution in [-0.2, 0) is 13.0 Å². The van der Waals surface area contributed by atoms with Gasteiger partial charge in [0.25, 0.3) is 0 Å². The molecule has 21 heavy (non-hydrogen) atoms. The third-order valence-electron chi connectivity index (χ3n) is 3.43. The SMILES string of the molecule is CNCc1sc(-c2coc3ccccc23)nc1CC(C)C. The van der Waals surface area contributed by atoms with E-state index in [1.165, 1.54) is 10.6 Å². The third kappa shape index (κ3) is 2.87. The number of thiazole rings is 1. The molecule has 0 aliphatic carbocycles. The molecule has 0 bridgehead atoms. The van der Waals surface area contributed by atoms with Crippen LogP contribution in [0, 0.1) is 5.92 Å². The Morgan fingerprint density at radius 1 is 1.29 bits per heavy atom. The van der Waals surface area contributed by atoms with Crippen LogP contribution in [0.3, 0.4) is 0 Å². The van der Waals surface area contributed by atoms with Gasteiger partial charge in [0.05, 0.1) is 11.3 Å². The second-order valence-electron chi connectivity index (χ2n) is 5.66. The van der Waals surface area contributed by atoms with Gasteiger partial charge in [-0.15, -0.1) is 11.3 Å². The van der Waals surface area contributed by atoms with Gasteiger partial charge in [-0.3, -0.25) is 0 Å². The van der Waals surface area contributed by atoms with Gasteiger partial charge in [-0.05, 0) is 25.5 Å². The monoisotopic (exact) mass is 300 g/mol. The maximum absolute atomic E-state index is 5.64. The lowest BCUT2D eigenvalue weighted by Gasteiger charge is -2.03. The molecule has 2 aromatic heterocycles. The Hall–Kier alpha value is -1.65. The molecule has 1 N–H and O–H groups in total. The molecule has 3 rings (SSSR count). The summed E-state index contributed by atoms with van der Waals surface area (Å²) < 4.78 is 5.64. The molecule has 0 unspecified atom stereocenters. The average Bonchev–Trinajstić information content (AvgIpc) is 3.03. The average molecular weight is 300 g/mol. The highest BCUT2D eigenvalue weighted by Crippen LogP contribution is 2.35. The van der Waals surface area contributed by atoms with Crippen LogP contribution in [0.1, 0.15) is 24.4 Å². The van der Waals surface area contributed by atoms with Crippen LogP contribution >= 0.6 is 11.3 Å². The Kier molecular flexibility index (Phi) is 4.08. The maximum atomic E-state index is 5.64. The first kappa shape index (κ1) is 14.3. The summed E-state index contributed by atoms with van der Waals surface area (Å²) in [6.07, 6.45) is 2.84. The first-order valence-electron chi connectivity index (χ1n) is 7.28. The number of rotatable bonds is 5. The molecule has 0 aliphatic heterocycles. The smallest absolute Gasteiger partial charge is 0.134 e. The lowest BCUT2D eigenvalue weighted by atomic mass is 10.1. The van der Waals surface area contributed by atoms with E-state index in [2.05, 4.69) is 25.2 Å². The molecular formula is C17H20N2OS. The number of para-hydroxylation sites is 1. The Labute approximate surface area is 129 Å². The van der Waals surface area contributed by atoms with Crippen LogP contribution in [0.5, 0.6) is 0 Å². The number of hydrogen-bond acceptors (Lipinski definition) is 4. The highest BCUT2D eigenvalue weighted by atomic mass is 32.1. The fourth-order valence-electron chi connectivity index (χ4n) is 2.49. The lowest BCUT2D eigenvalue weighted by Crippen LogP contribution is -2.07. The molecule has 0 spiro atoms. The summed E-state index contributed by atoms with van der Waals surface area (Å²) >= 11 is 1.77. The minimum atomic E-state index is 0.608. The van der Waals surface area contributed by atoms with E-state index in [0.717, 1.165) is 34.5 Å². The van der Waals surface area contributed by atoms with Crippen LogP contribution in [-0.4, -0.2) is 12.0 Å². The van der Waals surface area contributed by atoms with Gasteiger partial charge in [0.1, 0.15) is 16.9 Å². The Morgan fingerprint density at radius 2 is 2.10 bits per heavy atom. The summed E-state index contributed by atoms with van der Waals surface area (Å²) in [5, 5.41) is 5.43. The number of nitrogens with zero attached hydrogens (tertiary/aromatic N) is 1. The van der Waals surface area contributed by atoms with Crippen molar-refractivity contribution in [1.29, 1.82) is 0 Å². The summed E-state index contributed by atoms with van der Waals surface area (Å²) in [6.45, 7) is 5.33. The Morgan fingerprint density at radius 3 is 2.86 bits per heavy atom. The fraction of sp³-hybridized carbons (Fsp3) is 0.353. The van der Waals surface area contributed by atoms with E-state index in [1.807, 2.05) is 31.5 Å². The van der Waals surface area contributed by atoms with Gasteiger partial charge >= 0.3 is 0 Å². The van der Waals surface area contributed by atoms with Crippen LogP contribution in [0.15, 0.2) is 34.9 Å². The van der Waals surface area contributed by atoms with Crippen LogP contribution in [0.2, 0.25) is 0 Å². The maximum Gasteiger partial charge on any atom is 0.134 e. The van der Waals surface area contributed by atoms with Crippen molar-refractivity contribution in [3.8, 4) is 10.6 Å². The van der Waals surface area contributed by atoms with E-state index in [-0.39, 0.29) is 0 Å². The largest absolute Gasteiger partial charge is 0.464 e. The summed E-state index contributed by atoms with van der Waals surface area (Å²) in [5.41, 5.74) is 3.23. The molecule has 0 fully saturated rings. The van der Waals surface area contributed by atoms with Crippen molar-refractivity contribution in [3.05, 3.63) is 41.1 Å². The summed E-state index contributed by atoms with van der Waals surface area (Å²) in [6, 6.07) is 8.12. The van der Waals surface area contributed by atoms with Crippen molar-refractivity contribution in [2.24, 2.45) is 5.92 Å².